The summed E-state index contributed by atoms with van der Waals surface area (Å²) in [5.41, 5.74) is 2.01. The number of rotatable bonds is 9. The highest BCUT2D eigenvalue weighted by atomic mass is 16.3. The summed E-state index contributed by atoms with van der Waals surface area (Å²) in [5, 5.41) is 6.06. The number of hydrogen-bond acceptors (Lipinski definition) is 4. The van der Waals surface area contributed by atoms with Crippen LogP contribution in [0.15, 0.2) is 83.5 Å². The summed E-state index contributed by atoms with van der Waals surface area (Å²) in [6.45, 7) is 1.57. The first-order valence-electron chi connectivity index (χ1n) is 9.29. The van der Waals surface area contributed by atoms with Gasteiger partial charge in [0.25, 0.3) is 0 Å². The van der Waals surface area contributed by atoms with E-state index in [1.807, 2.05) is 72.8 Å². The van der Waals surface area contributed by atoms with Crippen LogP contribution in [0, 0.1) is 0 Å². The van der Waals surface area contributed by atoms with E-state index in [0.29, 0.717) is 6.42 Å². The molecule has 2 N–H and O–H groups in total. The highest BCUT2D eigenvalue weighted by molar-refractivity contribution is 5.88. The maximum Gasteiger partial charge on any atom is 0.234 e. The van der Waals surface area contributed by atoms with Gasteiger partial charge in [0.2, 0.25) is 5.91 Å². The molecule has 2 atom stereocenters. The molecule has 0 saturated heterocycles. The molecular formula is C23H24N2O3. The van der Waals surface area contributed by atoms with E-state index in [-0.39, 0.29) is 24.3 Å². The van der Waals surface area contributed by atoms with E-state index >= 15 is 0 Å². The molecule has 0 aliphatic heterocycles. The first kappa shape index (κ1) is 19.6. The molecule has 0 aliphatic carbocycles. The van der Waals surface area contributed by atoms with Crippen molar-refractivity contribution in [2.75, 3.05) is 6.54 Å². The lowest BCUT2D eigenvalue weighted by Gasteiger charge is -2.19. The first-order chi connectivity index (χ1) is 13.6. The third kappa shape index (κ3) is 5.41. The summed E-state index contributed by atoms with van der Waals surface area (Å²) in [6.07, 6.45) is 2.08. The van der Waals surface area contributed by atoms with Crippen LogP contribution in [0.2, 0.25) is 0 Å². The smallest absolute Gasteiger partial charge is 0.234 e. The number of nitrogens with one attached hydrogen (secondary N) is 2. The number of amides is 1. The number of ketones is 1. The Morgan fingerprint density at radius 2 is 1.61 bits per heavy atom. The summed E-state index contributed by atoms with van der Waals surface area (Å²) < 4.78 is 5.53. The lowest BCUT2D eigenvalue weighted by molar-refractivity contribution is -0.126. The minimum atomic E-state index is -0.546. The van der Waals surface area contributed by atoms with Gasteiger partial charge in [0.1, 0.15) is 5.76 Å². The second kappa shape index (κ2) is 9.67. The highest BCUT2D eigenvalue weighted by Gasteiger charge is 2.20. The molecule has 0 fully saturated rings. The Balaban J connectivity index is 1.63. The highest BCUT2D eigenvalue weighted by Crippen LogP contribution is 2.21. The van der Waals surface area contributed by atoms with Gasteiger partial charge in [-0.05, 0) is 36.6 Å². The van der Waals surface area contributed by atoms with Crippen LogP contribution in [-0.4, -0.2) is 24.3 Å². The molecule has 0 bridgehead atoms. The van der Waals surface area contributed by atoms with E-state index in [1.54, 1.807) is 6.26 Å². The molecule has 0 spiro atoms. The Bertz CT molecular complexity index is 877. The summed E-state index contributed by atoms with van der Waals surface area (Å²) in [5.74, 6) is 0.429. The van der Waals surface area contributed by atoms with E-state index in [2.05, 4.69) is 10.6 Å². The fourth-order valence-electron chi connectivity index (χ4n) is 3.07. The topological polar surface area (TPSA) is 71.3 Å². The van der Waals surface area contributed by atoms with E-state index in [1.165, 1.54) is 6.92 Å². The lowest BCUT2D eigenvalue weighted by Crippen LogP contribution is -2.45. The summed E-state index contributed by atoms with van der Waals surface area (Å²) in [6, 6.07) is 22.3. The van der Waals surface area contributed by atoms with Crippen molar-refractivity contribution in [1.82, 2.24) is 10.6 Å². The number of benzene rings is 2. The number of carbonyl (C=O) groups excluding carboxylic acids is 2. The largest absolute Gasteiger partial charge is 0.467 e. The van der Waals surface area contributed by atoms with Crippen molar-refractivity contribution in [3.05, 3.63) is 95.9 Å². The van der Waals surface area contributed by atoms with Crippen LogP contribution in [0.1, 0.15) is 29.9 Å². The van der Waals surface area contributed by atoms with Crippen molar-refractivity contribution < 1.29 is 14.0 Å². The molecule has 0 unspecified atom stereocenters. The van der Waals surface area contributed by atoms with Crippen molar-refractivity contribution in [2.45, 2.75) is 25.4 Å². The van der Waals surface area contributed by atoms with Crippen molar-refractivity contribution >= 4 is 11.7 Å². The lowest BCUT2D eigenvalue weighted by atomic mass is 10.0. The van der Waals surface area contributed by atoms with Gasteiger partial charge in [-0.25, -0.2) is 0 Å². The number of carbonyl (C=O) groups is 2. The van der Waals surface area contributed by atoms with Crippen molar-refractivity contribution in [2.24, 2.45) is 0 Å². The Morgan fingerprint density at radius 1 is 0.929 bits per heavy atom. The quantitative estimate of drug-likeness (QED) is 0.601. The minimum absolute atomic E-state index is 0.0668. The Morgan fingerprint density at radius 3 is 2.21 bits per heavy atom. The maximum absolute atomic E-state index is 12.5. The van der Waals surface area contributed by atoms with Gasteiger partial charge in [-0.15, -0.1) is 0 Å². The van der Waals surface area contributed by atoms with E-state index < -0.39 is 6.04 Å². The molecule has 1 heterocycles. The average molecular weight is 376 g/mol. The van der Waals surface area contributed by atoms with Gasteiger partial charge in [0.05, 0.1) is 24.9 Å². The van der Waals surface area contributed by atoms with E-state index in [0.717, 1.165) is 16.9 Å². The second-order valence-electron chi connectivity index (χ2n) is 6.66. The summed E-state index contributed by atoms with van der Waals surface area (Å²) >= 11 is 0. The third-order valence-corrected chi connectivity index (χ3v) is 4.54. The summed E-state index contributed by atoms with van der Waals surface area (Å²) in [7, 11) is 0. The normalized spacial score (nSPS) is 12.9. The van der Waals surface area contributed by atoms with Crippen LogP contribution in [0.3, 0.4) is 0 Å². The molecule has 2 aromatic carbocycles. The molecule has 5 heteroatoms. The molecule has 0 radical (unpaired) electrons. The maximum atomic E-state index is 12.5. The van der Waals surface area contributed by atoms with Gasteiger partial charge < -0.3 is 9.73 Å². The zero-order valence-corrected chi connectivity index (χ0v) is 15.8. The number of furan rings is 1. The van der Waals surface area contributed by atoms with Gasteiger partial charge in [-0.1, -0.05) is 60.7 Å². The predicted molar refractivity (Wildman–Crippen MR) is 108 cm³/mol. The molecule has 5 nitrogen and oxygen atoms in total. The van der Waals surface area contributed by atoms with Gasteiger partial charge in [0, 0.05) is 0 Å². The molecule has 0 aliphatic rings. The van der Waals surface area contributed by atoms with Crippen molar-refractivity contribution in [3.63, 3.8) is 0 Å². The first-order valence-corrected chi connectivity index (χ1v) is 9.29. The van der Waals surface area contributed by atoms with Gasteiger partial charge >= 0.3 is 0 Å². The average Bonchev–Trinajstić information content (AvgIpc) is 3.24. The van der Waals surface area contributed by atoms with Crippen LogP contribution in [0.5, 0.6) is 0 Å². The van der Waals surface area contributed by atoms with Crippen LogP contribution >= 0.6 is 0 Å². The van der Waals surface area contributed by atoms with Crippen LogP contribution < -0.4 is 10.6 Å². The fraction of sp³-hybridized carbons (Fsp3) is 0.217. The molecule has 28 heavy (non-hydrogen) atoms. The molecule has 3 aromatic rings. The van der Waals surface area contributed by atoms with E-state index in [9.17, 15) is 9.59 Å². The zero-order valence-electron chi connectivity index (χ0n) is 15.8. The van der Waals surface area contributed by atoms with Gasteiger partial charge in [0.15, 0.2) is 5.78 Å². The third-order valence-electron chi connectivity index (χ3n) is 4.54. The Kier molecular flexibility index (Phi) is 6.76. The Labute approximate surface area is 164 Å². The van der Waals surface area contributed by atoms with Crippen LogP contribution in [0.4, 0.5) is 0 Å². The number of Topliss-reactive ketones (excluding diaryl/α,β-unsaturated/α-hetero) is 1. The Hall–Kier alpha value is -3.18. The van der Waals surface area contributed by atoms with Crippen molar-refractivity contribution in [3.8, 4) is 0 Å². The zero-order chi connectivity index (χ0) is 19.8. The van der Waals surface area contributed by atoms with Gasteiger partial charge in [-0.2, -0.15) is 0 Å². The monoisotopic (exact) mass is 376 g/mol. The van der Waals surface area contributed by atoms with Gasteiger partial charge in [-0.3, -0.25) is 14.9 Å². The standard InChI is InChI=1S/C23H24N2O3/c1-17(26)20(15-18-9-4-2-5-10-18)25-22(27)16-24-23(21-13-8-14-28-21)19-11-6-3-7-12-19/h2-14,20,23-24H,15-16H2,1H3,(H,25,27)/t20-,23+/m0/s1. The van der Waals surface area contributed by atoms with Crippen LogP contribution in [-0.2, 0) is 16.0 Å². The predicted octanol–water partition coefficient (Wildman–Crippen LogP) is 3.28. The molecule has 3 rings (SSSR count). The second-order valence-corrected chi connectivity index (χ2v) is 6.66. The fourth-order valence-corrected chi connectivity index (χ4v) is 3.07. The molecule has 0 saturated carbocycles. The molecule has 1 amide bonds. The van der Waals surface area contributed by atoms with Crippen molar-refractivity contribution in [1.29, 1.82) is 0 Å². The summed E-state index contributed by atoms with van der Waals surface area (Å²) in [4.78, 5) is 24.5. The SMILES string of the molecule is CC(=O)[C@H](Cc1ccccc1)NC(=O)CN[C@H](c1ccccc1)c1ccco1. The minimum Gasteiger partial charge on any atom is -0.467 e. The van der Waals surface area contributed by atoms with E-state index in [4.69, 9.17) is 4.42 Å². The van der Waals surface area contributed by atoms with Crippen LogP contribution in [0.25, 0.3) is 0 Å². The number of hydrogen-bond donors (Lipinski definition) is 2. The molecule has 1 aromatic heterocycles. The molecule has 144 valence electrons. The molecular weight excluding hydrogens is 352 g/mol.